The number of nitriles is 1. The number of hydrogen-bond donors (Lipinski definition) is 1. The molecule has 1 aromatic carbocycles. The number of H-pyrrole nitrogens is 1. The van der Waals surface area contributed by atoms with Gasteiger partial charge in [0.15, 0.2) is 5.69 Å². The van der Waals surface area contributed by atoms with E-state index in [0.717, 1.165) is 30.3 Å². The number of benzene rings is 1. The number of alkyl halides is 3. The van der Waals surface area contributed by atoms with Gasteiger partial charge in [0.25, 0.3) is 11.2 Å². The van der Waals surface area contributed by atoms with E-state index in [1.165, 1.54) is 0 Å². The monoisotopic (exact) mass is 310 g/mol. The molecule has 0 saturated carbocycles. The maximum atomic E-state index is 12.8. The van der Waals surface area contributed by atoms with Gasteiger partial charge in [0.05, 0.1) is 4.92 Å². The van der Waals surface area contributed by atoms with Crippen LogP contribution in [0.3, 0.4) is 0 Å². The molecule has 1 heterocycles. The van der Waals surface area contributed by atoms with Gasteiger partial charge in [-0.15, -0.1) is 0 Å². The van der Waals surface area contributed by atoms with Crippen molar-refractivity contribution in [1.82, 2.24) is 9.97 Å². The van der Waals surface area contributed by atoms with E-state index in [4.69, 9.17) is 5.26 Å². The van der Waals surface area contributed by atoms with Crippen molar-refractivity contribution < 1.29 is 18.1 Å². The second-order valence-corrected chi connectivity index (χ2v) is 4.05. The largest absolute Gasteiger partial charge is 0.434 e. The van der Waals surface area contributed by atoms with E-state index in [-0.39, 0.29) is 11.3 Å². The van der Waals surface area contributed by atoms with E-state index in [0.29, 0.717) is 0 Å². The summed E-state index contributed by atoms with van der Waals surface area (Å²) in [6.07, 6.45) is -4.98. The molecule has 2 rings (SSSR count). The Balaban J connectivity index is 2.63. The molecule has 0 unspecified atom stereocenters. The Morgan fingerprint density at radius 2 is 1.86 bits per heavy atom. The maximum Gasteiger partial charge on any atom is 0.434 e. The standard InChI is InChI=1S/C12H5F3N4O3/c13-12(14,15)9-8(5-16)11(20)18-10(17-9)6-1-3-7(4-2-6)19(21)22/h1-4H,(H,17,18,20). The molecule has 0 spiro atoms. The SMILES string of the molecule is N#Cc1c(C(F)(F)F)nc(-c2ccc([N+](=O)[O-])cc2)[nH]c1=O. The van der Waals surface area contributed by atoms with E-state index in [1.54, 1.807) is 0 Å². The summed E-state index contributed by atoms with van der Waals surface area (Å²) in [5.74, 6) is -0.439. The first kappa shape index (κ1) is 15.2. The number of nitrogens with zero attached hydrogens (tertiary/aromatic N) is 3. The first-order valence-electron chi connectivity index (χ1n) is 5.60. The highest BCUT2D eigenvalue weighted by Gasteiger charge is 2.37. The van der Waals surface area contributed by atoms with Crippen LogP contribution in [-0.2, 0) is 6.18 Å². The van der Waals surface area contributed by atoms with Crippen molar-refractivity contribution >= 4 is 5.69 Å². The molecule has 2 aromatic rings. The molecule has 112 valence electrons. The molecular weight excluding hydrogens is 305 g/mol. The topological polar surface area (TPSA) is 113 Å². The van der Waals surface area contributed by atoms with Crippen LogP contribution in [0.4, 0.5) is 18.9 Å². The zero-order valence-electron chi connectivity index (χ0n) is 10.5. The van der Waals surface area contributed by atoms with Crippen LogP contribution in [0, 0.1) is 21.4 Å². The van der Waals surface area contributed by atoms with Crippen molar-refractivity contribution in [2.75, 3.05) is 0 Å². The van der Waals surface area contributed by atoms with E-state index < -0.39 is 33.7 Å². The maximum absolute atomic E-state index is 12.8. The molecule has 0 saturated heterocycles. The van der Waals surface area contributed by atoms with Gasteiger partial charge in [-0.1, -0.05) is 0 Å². The number of non-ortho nitro benzene ring substituents is 1. The Hall–Kier alpha value is -3.22. The fourth-order valence-electron chi connectivity index (χ4n) is 1.66. The average molecular weight is 310 g/mol. The fourth-order valence-corrected chi connectivity index (χ4v) is 1.66. The summed E-state index contributed by atoms with van der Waals surface area (Å²) >= 11 is 0. The summed E-state index contributed by atoms with van der Waals surface area (Å²) in [4.78, 5) is 26.7. The number of aromatic nitrogens is 2. The lowest BCUT2D eigenvalue weighted by Gasteiger charge is -2.09. The Bertz CT molecular complexity index is 835. The molecule has 1 aromatic heterocycles. The number of halogens is 3. The summed E-state index contributed by atoms with van der Waals surface area (Å²) in [6.45, 7) is 0. The van der Waals surface area contributed by atoms with Gasteiger partial charge in [0, 0.05) is 17.7 Å². The third-order valence-corrected chi connectivity index (χ3v) is 2.65. The molecule has 7 nitrogen and oxygen atoms in total. The summed E-state index contributed by atoms with van der Waals surface area (Å²) < 4.78 is 38.5. The van der Waals surface area contributed by atoms with Crippen LogP contribution in [0.2, 0.25) is 0 Å². The molecule has 0 radical (unpaired) electrons. The predicted octanol–water partition coefficient (Wildman–Crippen LogP) is 2.24. The van der Waals surface area contributed by atoms with Crippen molar-refractivity contribution in [3.05, 3.63) is 56.0 Å². The highest BCUT2D eigenvalue weighted by Crippen LogP contribution is 2.30. The van der Waals surface area contributed by atoms with Crippen LogP contribution in [0.25, 0.3) is 11.4 Å². The summed E-state index contributed by atoms with van der Waals surface area (Å²) in [6, 6.07) is 5.55. The molecule has 22 heavy (non-hydrogen) atoms. The van der Waals surface area contributed by atoms with Gasteiger partial charge in [-0.3, -0.25) is 14.9 Å². The van der Waals surface area contributed by atoms with E-state index in [1.807, 2.05) is 4.98 Å². The van der Waals surface area contributed by atoms with Crippen LogP contribution in [0.1, 0.15) is 11.3 Å². The van der Waals surface area contributed by atoms with Gasteiger partial charge in [-0.05, 0) is 12.1 Å². The summed E-state index contributed by atoms with van der Waals surface area (Å²) in [5, 5.41) is 19.2. The normalized spacial score (nSPS) is 11.0. The van der Waals surface area contributed by atoms with Crippen molar-refractivity contribution in [3.8, 4) is 17.5 Å². The third kappa shape index (κ3) is 2.78. The van der Waals surface area contributed by atoms with Crippen molar-refractivity contribution in [2.24, 2.45) is 0 Å². The average Bonchev–Trinajstić information content (AvgIpc) is 2.45. The van der Waals surface area contributed by atoms with Crippen molar-refractivity contribution in [3.63, 3.8) is 0 Å². The van der Waals surface area contributed by atoms with Gasteiger partial charge in [0.2, 0.25) is 0 Å². The van der Waals surface area contributed by atoms with E-state index in [9.17, 15) is 28.1 Å². The van der Waals surface area contributed by atoms with Gasteiger partial charge in [-0.25, -0.2) is 4.98 Å². The first-order valence-corrected chi connectivity index (χ1v) is 5.60. The molecule has 0 aliphatic heterocycles. The fraction of sp³-hybridized carbons (Fsp3) is 0.0833. The van der Waals surface area contributed by atoms with Crippen molar-refractivity contribution in [2.45, 2.75) is 6.18 Å². The number of hydrogen-bond acceptors (Lipinski definition) is 5. The molecule has 0 amide bonds. The van der Waals surface area contributed by atoms with E-state index in [2.05, 4.69) is 4.98 Å². The Morgan fingerprint density at radius 1 is 1.27 bits per heavy atom. The molecule has 0 atom stereocenters. The third-order valence-electron chi connectivity index (χ3n) is 2.65. The van der Waals surface area contributed by atoms with Crippen molar-refractivity contribution in [1.29, 1.82) is 5.26 Å². The molecular formula is C12H5F3N4O3. The number of nitrogens with one attached hydrogen (secondary N) is 1. The number of nitro benzene ring substituents is 1. The minimum absolute atomic E-state index is 0.0395. The second-order valence-electron chi connectivity index (χ2n) is 4.05. The van der Waals surface area contributed by atoms with Crippen LogP contribution in [-0.4, -0.2) is 14.9 Å². The second kappa shape index (κ2) is 5.28. The quantitative estimate of drug-likeness (QED) is 0.675. The lowest BCUT2D eigenvalue weighted by molar-refractivity contribution is -0.384. The number of aromatic amines is 1. The van der Waals surface area contributed by atoms with Crippen LogP contribution < -0.4 is 5.56 Å². The lowest BCUT2D eigenvalue weighted by atomic mass is 10.1. The predicted molar refractivity (Wildman–Crippen MR) is 66.7 cm³/mol. The molecule has 0 bridgehead atoms. The highest BCUT2D eigenvalue weighted by molar-refractivity contribution is 5.58. The number of nitro groups is 1. The Labute approximate surface area is 119 Å². The number of rotatable bonds is 2. The first-order chi connectivity index (χ1) is 10.2. The highest BCUT2D eigenvalue weighted by atomic mass is 19.4. The van der Waals surface area contributed by atoms with Gasteiger partial charge in [0.1, 0.15) is 17.5 Å². The smallest absolute Gasteiger partial charge is 0.305 e. The summed E-state index contributed by atoms with van der Waals surface area (Å²) in [7, 11) is 0. The summed E-state index contributed by atoms with van der Waals surface area (Å²) in [5.41, 5.74) is -4.21. The minimum atomic E-state index is -4.98. The van der Waals surface area contributed by atoms with Crippen LogP contribution in [0.5, 0.6) is 0 Å². The Kier molecular flexibility index (Phi) is 3.64. The molecule has 0 aliphatic carbocycles. The molecule has 0 aliphatic rings. The zero-order valence-corrected chi connectivity index (χ0v) is 10.5. The van der Waals surface area contributed by atoms with E-state index >= 15 is 0 Å². The molecule has 1 N–H and O–H groups in total. The van der Waals surface area contributed by atoms with Crippen LogP contribution >= 0.6 is 0 Å². The zero-order chi connectivity index (χ0) is 16.5. The van der Waals surface area contributed by atoms with Crippen LogP contribution in [0.15, 0.2) is 29.1 Å². The van der Waals surface area contributed by atoms with Gasteiger partial charge < -0.3 is 4.98 Å². The van der Waals surface area contributed by atoms with Gasteiger partial charge >= 0.3 is 6.18 Å². The Morgan fingerprint density at radius 3 is 2.32 bits per heavy atom. The molecule has 10 heteroatoms. The van der Waals surface area contributed by atoms with Gasteiger partial charge in [-0.2, -0.15) is 18.4 Å². The molecule has 0 fully saturated rings. The lowest BCUT2D eigenvalue weighted by Crippen LogP contribution is -2.22. The minimum Gasteiger partial charge on any atom is -0.305 e.